The minimum atomic E-state index is -0.285. The molecule has 144 valence electrons. The fourth-order valence-electron chi connectivity index (χ4n) is 2.77. The van der Waals surface area contributed by atoms with Gasteiger partial charge in [0.05, 0.1) is 12.8 Å². The highest BCUT2D eigenvalue weighted by molar-refractivity contribution is 6.31. The molecular formula is C22H16ClN3O3. The summed E-state index contributed by atoms with van der Waals surface area (Å²) in [4.78, 5) is 12.6. The zero-order chi connectivity index (χ0) is 20.2. The van der Waals surface area contributed by atoms with E-state index in [1.54, 1.807) is 42.5 Å². The summed E-state index contributed by atoms with van der Waals surface area (Å²) >= 11 is 6.01. The molecule has 1 heterocycles. The van der Waals surface area contributed by atoms with Crippen LogP contribution >= 0.6 is 11.6 Å². The normalized spacial score (nSPS) is 10.6. The number of ether oxygens (including phenoxy) is 1. The van der Waals surface area contributed by atoms with Crippen molar-refractivity contribution in [3.05, 3.63) is 83.4 Å². The third-order valence-electron chi connectivity index (χ3n) is 4.25. The van der Waals surface area contributed by atoms with E-state index in [1.807, 2.05) is 30.3 Å². The van der Waals surface area contributed by atoms with E-state index >= 15 is 0 Å². The molecule has 0 atom stereocenters. The van der Waals surface area contributed by atoms with Crippen LogP contribution in [0.25, 0.3) is 22.9 Å². The Morgan fingerprint density at radius 2 is 1.59 bits per heavy atom. The van der Waals surface area contributed by atoms with Crippen LogP contribution in [0.1, 0.15) is 10.4 Å². The molecular weight excluding hydrogens is 390 g/mol. The van der Waals surface area contributed by atoms with E-state index in [0.29, 0.717) is 33.8 Å². The van der Waals surface area contributed by atoms with Crippen molar-refractivity contribution in [3.8, 4) is 28.7 Å². The van der Waals surface area contributed by atoms with Gasteiger partial charge in [0.2, 0.25) is 11.8 Å². The maximum Gasteiger partial charge on any atom is 0.255 e. The van der Waals surface area contributed by atoms with Crippen LogP contribution in [0.4, 0.5) is 5.69 Å². The van der Waals surface area contributed by atoms with Gasteiger partial charge in [0.25, 0.3) is 5.91 Å². The highest BCUT2D eigenvalue weighted by Gasteiger charge is 2.13. The van der Waals surface area contributed by atoms with Gasteiger partial charge in [-0.2, -0.15) is 0 Å². The average Bonchev–Trinajstić information content (AvgIpc) is 3.25. The van der Waals surface area contributed by atoms with E-state index in [0.717, 1.165) is 11.1 Å². The summed E-state index contributed by atoms with van der Waals surface area (Å²) in [6.07, 6.45) is 0. The smallest absolute Gasteiger partial charge is 0.255 e. The number of aromatic nitrogens is 2. The minimum absolute atomic E-state index is 0.285. The van der Waals surface area contributed by atoms with Crippen molar-refractivity contribution in [2.75, 3.05) is 12.4 Å². The first kappa shape index (κ1) is 18.7. The van der Waals surface area contributed by atoms with Crippen molar-refractivity contribution in [3.63, 3.8) is 0 Å². The van der Waals surface area contributed by atoms with Crippen LogP contribution in [-0.4, -0.2) is 23.2 Å². The molecule has 0 bridgehead atoms. The van der Waals surface area contributed by atoms with Crippen LogP contribution < -0.4 is 10.1 Å². The fraction of sp³-hybridized carbons (Fsp3) is 0.0455. The SMILES string of the molecule is COc1ccc(Cl)cc1NC(=O)c1ccc(-c2nnc(-c3ccccc3)o2)cc1. The van der Waals surface area contributed by atoms with Gasteiger partial charge < -0.3 is 14.5 Å². The van der Waals surface area contributed by atoms with Crippen molar-refractivity contribution in [2.24, 2.45) is 0 Å². The minimum Gasteiger partial charge on any atom is -0.495 e. The van der Waals surface area contributed by atoms with Gasteiger partial charge in [-0.15, -0.1) is 10.2 Å². The number of amides is 1. The predicted octanol–water partition coefficient (Wildman–Crippen LogP) is 5.32. The van der Waals surface area contributed by atoms with E-state index in [4.69, 9.17) is 20.8 Å². The Bertz CT molecular complexity index is 1140. The maximum atomic E-state index is 12.6. The summed E-state index contributed by atoms with van der Waals surface area (Å²) in [5, 5.41) is 11.5. The molecule has 0 radical (unpaired) electrons. The Morgan fingerprint density at radius 1 is 0.931 bits per heavy atom. The van der Waals surface area contributed by atoms with Crippen molar-refractivity contribution >= 4 is 23.2 Å². The summed E-state index contributed by atoms with van der Waals surface area (Å²) in [7, 11) is 1.53. The Balaban J connectivity index is 1.52. The van der Waals surface area contributed by atoms with E-state index in [-0.39, 0.29) is 5.91 Å². The van der Waals surface area contributed by atoms with Crippen LogP contribution in [0.2, 0.25) is 5.02 Å². The number of nitrogens with zero attached hydrogens (tertiary/aromatic N) is 2. The zero-order valence-electron chi connectivity index (χ0n) is 15.4. The number of carbonyl (C=O) groups is 1. The Hall–Kier alpha value is -3.64. The molecule has 0 fully saturated rings. The first-order chi connectivity index (χ1) is 14.1. The fourth-order valence-corrected chi connectivity index (χ4v) is 2.95. The van der Waals surface area contributed by atoms with Gasteiger partial charge >= 0.3 is 0 Å². The number of halogens is 1. The van der Waals surface area contributed by atoms with Gasteiger partial charge in [0.15, 0.2) is 0 Å². The molecule has 1 N–H and O–H groups in total. The summed E-state index contributed by atoms with van der Waals surface area (Å²) < 4.78 is 11.0. The van der Waals surface area contributed by atoms with Gasteiger partial charge in [-0.1, -0.05) is 29.8 Å². The number of methoxy groups -OCH3 is 1. The number of carbonyl (C=O) groups excluding carboxylic acids is 1. The van der Waals surface area contributed by atoms with Crippen molar-refractivity contribution in [1.29, 1.82) is 0 Å². The van der Waals surface area contributed by atoms with E-state index in [2.05, 4.69) is 15.5 Å². The van der Waals surface area contributed by atoms with Crippen LogP contribution in [0.5, 0.6) is 5.75 Å². The number of anilines is 1. The highest BCUT2D eigenvalue weighted by atomic mass is 35.5. The van der Waals surface area contributed by atoms with Gasteiger partial charge in [-0.05, 0) is 54.6 Å². The van der Waals surface area contributed by atoms with Gasteiger partial charge in [0, 0.05) is 21.7 Å². The Morgan fingerprint density at radius 3 is 2.24 bits per heavy atom. The summed E-state index contributed by atoms with van der Waals surface area (Å²) in [6.45, 7) is 0. The molecule has 0 aliphatic heterocycles. The summed E-state index contributed by atoms with van der Waals surface area (Å²) in [5.41, 5.74) is 2.53. The number of hydrogen-bond acceptors (Lipinski definition) is 5. The molecule has 0 saturated heterocycles. The quantitative estimate of drug-likeness (QED) is 0.486. The maximum absolute atomic E-state index is 12.6. The number of rotatable bonds is 5. The lowest BCUT2D eigenvalue weighted by Crippen LogP contribution is -2.12. The van der Waals surface area contributed by atoms with Gasteiger partial charge in [-0.25, -0.2) is 0 Å². The molecule has 0 saturated carbocycles. The monoisotopic (exact) mass is 405 g/mol. The predicted molar refractivity (Wildman–Crippen MR) is 111 cm³/mol. The van der Waals surface area contributed by atoms with Crippen molar-refractivity contribution in [2.45, 2.75) is 0 Å². The number of hydrogen-bond donors (Lipinski definition) is 1. The third-order valence-corrected chi connectivity index (χ3v) is 4.48. The molecule has 0 aliphatic rings. The van der Waals surface area contributed by atoms with Gasteiger partial charge in [0.1, 0.15) is 5.75 Å². The molecule has 3 aromatic carbocycles. The van der Waals surface area contributed by atoms with Crippen LogP contribution in [-0.2, 0) is 0 Å². The standard InChI is InChI=1S/C22H16ClN3O3/c1-28-19-12-11-17(23)13-18(19)24-20(27)14-7-9-16(10-8-14)22-26-25-21(29-22)15-5-3-2-4-6-15/h2-13H,1H3,(H,24,27). The van der Waals surface area contributed by atoms with Crippen molar-refractivity contribution in [1.82, 2.24) is 10.2 Å². The van der Waals surface area contributed by atoms with Crippen LogP contribution in [0.3, 0.4) is 0 Å². The molecule has 1 amide bonds. The molecule has 4 rings (SSSR count). The first-order valence-corrected chi connectivity index (χ1v) is 9.16. The number of nitrogens with one attached hydrogen (secondary N) is 1. The third kappa shape index (κ3) is 4.12. The second kappa shape index (κ2) is 8.16. The second-order valence-corrected chi connectivity index (χ2v) is 6.59. The molecule has 6 nitrogen and oxygen atoms in total. The summed E-state index contributed by atoms with van der Waals surface area (Å²) in [6, 6.07) is 21.4. The number of benzene rings is 3. The highest BCUT2D eigenvalue weighted by Crippen LogP contribution is 2.28. The Kier molecular flexibility index (Phi) is 5.27. The topological polar surface area (TPSA) is 77.2 Å². The second-order valence-electron chi connectivity index (χ2n) is 6.15. The van der Waals surface area contributed by atoms with E-state index < -0.39 is 0 Å². The van der Waals surface area contributed by atoms with E-state index in [9.17, 15) is 4.79 Å². The zero-order valence-corrected chi connectivity index (χ0v) is 16.2. The van der Waals surface area contributed by atoms with Crippen molar-refractivity contribution < 1.29 is 13.9 Å². The lowest BCUT2D eigenvalue weighted by Gasteiger charge is -2.10. The first-order valence-electron chi connectivity index (χ1n) is 8.78. The average molecular weight is 406 g/mol. The van der Waals surface area contributed by atoms with Crippen LogP contribution in [0, 0.1) is 0 Å². The van der Waals surface area contributed by atoms with E-state index in [1.165, 1.54) is 7.11 Å². The lowest BCUT2D eigenvalue weighted by molar-refractivity contribution is 0.102. The molecule has 4 aromatic rings. The largest absolute Gasteiger partial charge is 0.495 e. The molecule has 1 aromatic heterocycles. The molecule has 7 heteroatoms. The van der Waals surface area contributed by atoms with Gasteiger partial charge in [-0.3, -0.25) is 4.79 Å². The Labute approximate surface area is 172 Å². The molecule has 29 heavy (non-hydrogen) atoms. The molecule has 0 unspecified atom stereocenters. The molecule has 0 spiro atoms. The van der Waals surface area contributed by atoms with Crippen LogP contribution in [0.15, 0.2) is 77.2 Å². The summed E-state index contributed by atoms with van der Waals surface area (Å²) in [5.74, 6) is 1.06. The molecule has 0 aliphatic carbocycles. The lowest BCUT2D eigenvalue weighted by atomic mass is 10.1.